The molecule has 9 nitrogen and oxygen atoms in total. The Morgan fingerprint density at radius 3 is 2.69 bits per heavy atom. The first-order chi connectivity index (χ1) is 12.5. The number of piperazine rings is 1. The van der Waals surface area contributed by atoms with Gasteiger partial charge in [-0.2, -0.15) is 0 Å². The zero-order valence-corrected chi connectivity index (χ0v) is 15.4. The first-order valence-corrected chi connectivity index (χ1v) is 9.50. The highest BCUT2D eigenvalue weighted by Crippen LogP contribution is 2.32. The van der Waals surface area contributed by atoms with Crippen molar-refractivity contribution in [3.63, 3.8) is 0 Å². The van der Waals surface area contributed by atoms with Crippen molar-refractivity contribution in [3.8, 4) is 0 Å². The molecule has 0 atom stereocenters. The Labute approximate surface area is 156 Å². The molecule has 134 valence electrons. The van der Waals surface area contributed by atoms with E-state index in [1.807, 2.05) is 0 Å². The van der Waals surface area contributed by atoms with Crippen molar-refractivity contribution in [1.29, 1.82) is 0 Å². The number of thiazole rings is 1. The van der Waals surface area contributed by atoms with Crippen LogP contribution >= 0.6 is 22.9 Å². The Hall–Kier alpha value is -2.66. The number of anilines is 1. The third-order valence-electron chi connectivity index (χ3n) is 4.25. The van der Waals surface area contributed by atoms with Crippen LogP contribution < -0.4 is 4.90 Å². The number of carbonyl (C=O) groups excluding carboxylic acids is 1. The Bertz CT molecular complexity index is 992. The van der Waals surface area contributed by atoms with Crippen molar-refractivity contribution in [3.05, 3.63) is 38.9 Å². The zero-order valence-electron chi connectivity index (χ0n) is 13.8. The van der Waals surface area contributed by atoms with Crippen LogP contribution in [-0.4, -0.2) is 56.5 Å². The quantitative estimate of drug-likeness (QED) is 0.499. The number of nitrogens with zero attached hydrogens (tertiary/aromatic N) is 6. The van der Waals surface area contributed by atoms with Crippen molar-refractivity contribution < 1.29 is 9.72 Å². The zero-order chi connectivity index (χ0) is 18.3. The van der Waals surface area contributed by atoms with E-state index >= 15 is 0 Å². The van der Waals surface area contributed by atoms with Crippen molar-refractivity contribution in [2.75, 3.05) is 31.1 Å². The van der Waals surface area contributed by atoms with E-state index in [4.69, 9.17) is 0 Å². The van der Waals surface area contributed by atoms with Crippen LogP contribution in [0.2, 0.25) is 0 Å². The maximum atomic E-state index is 12.5. The lowest BCUT2D eigenvalue weighted by Crippen LogP contribution is -2.48. The smallest absolute Gasteiger partial charge is 0.270 e. The molecule has 11 heteroatoms. The number of aryl methyl sites for hydroxylation is 1. The molecule has 0 spiro atoms. The fourth-order valence-corrected chi connectivity index (χ4v) is 4.50. The molecule has 0 radical (unpaired) electrons. The van der Waals surface area contributed by atoms with Crippen LogP contribution in [0.1, 0.15) is 15.4 Å². The number of aromatic nitrogens is 3. The molecular weight excluding hydrogens is 376 g/mol. The summed E-state index contributed by atoms with van der Waals surface area (Å²) in [6, 6.07) is 4.69. The van der Waals surface area contributed by atoms with Crippen LogP contribution in [0, 0.1) is 17.0 Å². The molecule has 0 aliphatic carbocycles. The number of hydrogen-bond acceptors (Lipinski definition) is 9. The molecule has 26 heavy (non-hydrogen) atoms. The maximum absolute atomic E-state index is 12.5. The summed E-state index contributed by atoms with van der Waals surface area (Å²) in [5, 5.41) is 15.6. The fraction of sp³-hybridized carbons (Fsp3) is 0.333. The number of amides is 1. The van der Waals surface area contributed by atoms with Crippen molar-refractivity contribution in [2.24, 2.45) is 0 Å². The van der Waals surface area contributed by atoms with Gasteiger partial charge in [-0.15, -0.1) is 5.10 Å². The molecule has 1 aliphatic rings. The third kappa shape index (κ3) is 2.99. The van der Waals surface area contributed by atoms with Crippen molar-refractivity contribution >= 4 is 49.8 Å². The van der Waals surface area contributed by atoms with Crippen LogP contribution in [0.5, 0.6) is 0 Å². The summed E-state index contributed by atoms with van der Waals surface area (Å²) < 4.78 is 4.61. The number of carbonyl (C=O) groups is 1. The van der Waals surface area contributed by atoms with Crippen LogP contribution in [0.4, 0.5) is 10.8 Å². The van der Waals surface area contributed by atoms with Crippen molar-refractivity contribution in [1.82, 2.24) is 19.5 Å². The fourth-order valence-electron chi connectivity index (χ4n) is 2.82. The van der Waals surface area contributed by atoms with Crippen LogP contribution in [0.15, 0.2) is 18.2 Å². The SMILES string of the molecule is Cc1nnsc1C(=O)N1CCN(c2nc3ccc([N+](=O)[O-])cc3s2)CC1. The van der Waals surface area contributed by atoms with Gasteiger partial charge in [0.05, 0.1) is 20.8 Å². The molecule has 2 aromatic heterocycles. The second kappa shape index (κ2) is 6.57. The summed E-state index contributed by atoms with van der Waals surface area (Å²) in [7, 11) is 0. The van der Waals surface area contributed by atoms with E-state index in [0.29, 0.717) is 36.8 Å². The number of fused-ring (bicyclic) bond motifs is 1. The molecule has 0 bridgehead atoms. The van der Waals surface area contributed by atoms with E-state index in [9.17, 15) is 14.9 Å². The number of hydrogen-bond donors (Lipinski definition) is 0. The minimum atomic E-state index is -0.403. The molecule has 1 aliphatic heterocycles. The summed E-state index contributed by atoms with van der Waals surface area (Å²) in [5.74, 6) is -0.0305. The average Bonchev–Trinajstić information content (AvgIpc) is 3.26. The van der Waals surface area contributed by atoms with Crippen LogP contribution in [0.3, 0.4) is 0 Å². The van der Waals surface area contributed by atoms with Gasteiger partial charge >= 0.3 is 0 Å². The molecule has 4 rings (SSSR count). The van der Waals surface area contributed by atoms with E-state index in [-0.39, 0.29) is 11.6 Å². The molecular formula is C15H14N6O3S2. The summed E-state index contributed by atoms with van der Waals surface area (Å²) in [6.07, 6.45) is 0. The highest BCUT2D eigenvalue weighted by molar-refractivity contribution is 7.22. The lowest BCUT2D eigenvalue weighted by Gasteiger charge is -2.34. The number of benzene rings is 1. The number of rotatable bonds is 3. The number of nitro groups is 1. The normalized spacial score (nSPS) is 14.8. The Kier molecular flexibility index (Phi) is 4.24. The van der Waals surface area contributed by atoms with E-state index in [0.717, 1.165) is 26.9 Å². The Morgan fingerprint density at radius 1 is 1.27 bits per heavy atom. The van der Waals surface area contributed by atoms with E-state index in [2.05, 4.69) is 19.5 Å². The molecule has 0 N–H and O–H groups in total. The Balaban J connectivity index is 1.48. The highest BCUT2D eigenvalue weighted by Gasteiger charge is 2.26. The Morgan fingerprint density at radius 2 is 2.04 bits per heavy atom. The van der Waals surface area contributed by atoms with Gasteiger partial charge in [0.15, 0.2) is 5.13 Å². The van der Waals surface area contributed by atoms with Gasteiger partial charge in [-0.25, -0.2) is 4.98 Å². The van der Waals surface area contributed by atoms with Gasteiger partial charge < -0.3 is 9.80 Å². The summed E-state index contributed by atoms with van der Waals surface area (Å²) >= 11 is 2.56. The first-order valence-electron chi connectivity index (χ1n) is 7.91. The minimum absolute atomic E-state index is 0.0305. The van der Waals surface area contributed by atoms with E-state index in [1.54, 1.807) is 24.0 Å². The van der Waals surface area contributed by atoms with Crippen molar-refractivity contribution in [2.45, 2.75) is 6.92 Å². The van der Waals surface area contributed by atoms with E-state index < -0.39 is 4.92 Å². The predicted octanol–water partition coefficient (Wildman–Crippen LogP) is 2.33. The second-order valence-electron chi connectivity index (χ2n) is 5.87. The largest absolute Gasteiger partial charge is 0.345 e. The molecule has 3 aromatic rings. The lowest BCUT2D eigenvalue weighted by molar-refractivity contribution is -0.384. The third-order valence-corrected chi connectivity index (χ3v) is 6.15. The molecule has 1 aromatic carbocycles. The highest BCUT2D eigenvalue weighted by atomic mass is 32.1. The molecule has 1 fully saturated rings. The van der Waals surface area contributed by atoms with Crippen LogP contribution in [0.25, 0.3) is 10.2 Å². The maximum Gasteiger partial charge on any atom is 0.270 e. The first kappa shape index (κ1) is 16.8. The second-order valence-corrected chi connectivity index (χ2v) is 7.64. The summed E-state index contributed by atoms with van der Waals surface area (Å²) in [4.78, 5) is 32.1. The van der Waals surface area contributed by atoms with Gasteiger partial charge in [-0.1, -0.05) is 15.8 Å². The van der Waals surface area contributed by atoms with Gasteiger partial charge in [0.1, 0.15) is 4.88 Å². The molecule has 1 amide bonds. The topological polar surface area (TPSA) is 105 Å². The predicted molar refractivity (Wildman–Crippen MR) is 99.0 cm³/mol. The molecule has 0 saturated carbocycles. The minimum Gasteiger partial charge on any atom is -0.345 e. The monoisotopic (exact) mass is 390 g/mol. The van der Waals surface area contributed by atoms with Gasteiger partial charge in [0.25, 0.3) is 11.6 Å². The van der Waals surface area contributed by atoms with Gasteiger partial charge in [-0.3, -0.25) is 14.9 Å². The summed E-state index contributed by atoms with van der Waals surface area (Å²) in [6.45, 7) is 4.30. The number of nitro benzene ring substituents is 1. The van der Waals surface area contributed by atoms with E-state index in [1.165, 1.54) is 17.4 Å². The molecule has 3 heterocycles. The van der Waals surface area contributed by atoms with Gasteiger partial charge in [-0.05, 0) is 24.5 Å². The molecule has 1 saturated heterocycles. The summed E-state index contributed by atoms with van der Waals surface area (Å²) in [5.41, 5.74) is 1.48. The molecule has 0 unspecified atom stereocenters. The number of non-ortho nitro benzene ring substituents is 1. The van der Waals surface area contributed by atoms with Crippen LogP contribution in [-0.2, 0) is 0 Å². The van der Waals surface area contributed by atoms with Gasteiger partial charge in [0, 0.05) is 38.3 Å². The van der Waals surface area contributed by atoms with Gasteiger partial charge in [0.2, 0.25) is 0 Å². The lowest BCUT2D eigenvalue weighted by atomic mass is 10.3. The standard InChI is InChI=1S/C15H14N6O3S2/c1-9-13(26-18-17-9)14(22)19-4-6-20(7-5-19)15-16-11-3-2-10(21(23)24)8-12(11)25-15/h2-3,8H,4-7H2,1H3. The average molecular weight is 390 g/mol.